The molecule has 0 fully saturated rings. The van der Waals surface area contributed by atoms with Gasteiger partial charge in [-0.1, -0.05) is 5.10 Å². The van der Waals surface area contributed by atoms with E-state index in [9.17, 15) is 5.21 Å². The molecule has 1 aromatic rings. The normalized spacial score (nSPS) is 9.55. The van der Waals surface area contributed by atoms with Crippen LogP contribution in [-0.2, 0) is 0 Å². The highest BCUT2D eigenvalue weighted by Crippen LogP contribution is 1.99. The van der Waals surface area contributed by atoms with Crippen LogP contribution < -0.4 is 15.9 Å². The molecule has 3 N–H and O–H groups in total. The first-order valence-corrected chi connectivity index (χ1v) is 3.34. The van der Waals surface area contributed by atoms with Crippen molar-refractivity contribution in [2.75, 3.05) is 17.6 Å². The molecule has 0 aliphatic carbocycles. The largest absolute Gasteiger partial charge is 0.691 e. The van der Waals surface area contributed by atoms with Gasteiger partial charge in [-0.25, -0.2) is 0 Å². The van der Waals surface area contributed by atoms with E-state index in [0.29, 0.717) is 10.7 Å². The zero-order chi connectivity index (χ0) is 8.27. The van der Waals surface area contributed by atoms with E-state index < -0.39 is 0 Å². The van der Waals surface area contributed by atoms with Crippen molar-refractivity contribution < 1.29 is 4.85 Å². The first-order chi connectivity index (χ1) is 5.24. The lowest BCUT2D eigenvalue weighted by atomic mass is 10.5. The Bertz CT molecular complexity index is 250. The van der Waals surface area contributed by atoms with Gasteiger partial charge in [0.25, 0.3) is 5.82 Å². The van der Waals surface area contributed by atoms with E-state index in [2.05, 4.69) is 10.4 Å². The van der Waals surface area contributed by atoms with Crippen LogP contribution in [0.3, 0.4) is 0 Å². The molecule has 0 unspecified atom stereocenters. The van der Waals surface area contributed by atoms with Crippen molar-refractivity contribution in [3.05, 3.63) is 17.3 Å². The fraction of sp³-hybridized carbons (Fsp3) is 0.333. The molecule has 0 spiro atoms. The average molecular weight is 154 g/mol. The first-order valence-electron chi connectivity index (χ1n) is 3.34. The van der Waals surface area contributed by atoms with Crippen LogP contribution in [0.1, 0.15) is 6.92 Å². The number of nitrogen functional groups attached to an aromatic ring is 1. The van der Waals surface area contributed by atoms with Crippen LogP contribution in [0.5, 0.6) is 0 Å². The van der Waals surface area contributed by atoms with Crippen molar-refractivity contribution >= 4 is 11.6 Å². The molecule has 11 heavy (non-hydrogen) atoms. The summed E-state index contributed by atoms with van der Waals surface area (Å²) < 4.78 is 0. The van der Waals surface area contributed by atoms with Crippen LogP contribution >= 0.6 is 0 Å². The summed E-state index contributed by atoms with van der Waals surface area (Å²) in [5.74, 6) is 0.642. The Kier molecular flexibility index (Phi) is 2.10. The molecule has 0 aliphatic heterocycles. The molecule has 60 valence electrons. The minimum Gasteiger partial charge on any atom is -0.691 e. The quantitative estimate of drug-likeness (QED) is 0.454. The number of anilines is 2. The number of nitrogens with one attached hydrogen (secondary N) is 1. The highest BCUT2D eigenvalue weighted by atomic mass is 16.5. The summed E-state index contributed by atoms with van der Waals surface area (Å²) in [6.07, 6.45) is 0. The Balaban J connectivity index is 2.86. The van der Waals surface area contributed by atoms with Gasteiger partial charge in [-0.05, 0) is 13.0 Å². The van der Waals surface area contributed by atoms with Gasteiger partial charge in [-0.3, -0.25) is 5.73 Å². The maximum Gasteiger partial charge on any atom is 0.296 e. The molecule has 0 radical (unpaired) electrons. The molecular formula is C6H10N4O. The molecule has 1 aromatic heterocycles. The number of nitrogens with zero attached hydrogens (tertiary/aromatic N) is 2. The predicted molar refractivity (Wildman–Crippen MR) is 41.8 cm³/mol. The summed E-state index contributed by atoms with van der Waals surface area (Å²) in [5.41, 5.74) is 5.25. The summed E-state index contributed by atoms with van der Waals surface area (Å²) in [4.78, 5) is 0.387. The number of hydrogen-bond donors (Lipinski definition) is 2. The van der Waals surface area contributed by atoms with Gasteiger partial charge in [-0.15, -0.1) is 4.85 Å². The van der Waals surface area contributed by atoms with E-state index in [1.807, 2.05) is 6.92 Å². The van der Waals surface area contributed by atoms with Crippen LogP contribution in [0.15, 0.2) is 12.1 Å². The third-order valence-electron chi connectivity index (χ3n) is 1.19. The third-order valence-corrected chi connectivity index (χ3v) is 1.19. The number of rotatable bonds is 2. The second-order valence-corrected chi connectivity index (χ2v) is 2.05. The van der Waals surface area contributed by atoms with Gasteiger partial charge >= 0.3 is 0 Å². The van der Waals surface area contributed by atoms with E-state index in [1.54, 1.807) is 6.07 Å². The Labute approximate surface area is 64.4 Å². The summed E-state index contributed by atoms with van der Waals surface area (Å²) in [6.45, 7) is 2.66. The molecule has 0 bridgehead atoms. The minimum absolute atomic E-state index is 0.103. The summed E-state index contributed by atoms with van der Waals surface area (Å²) in [5, 5.41) is 17.2. The van der Waals surface area contributed by atoms with Gasteiger partial charge in [0.15, 0.2) is 5.82 Å². The third kappa shape index (κ3) is 1.70. The molecule has 0 atom stereocenters. The minimum atomic E-state index is 0.103. The number of aromatic nitrogens is 2. The van der Waals surface area contributed by atoms with Crippen LogP contribution in [0.4, 0.5) is 11.6 Å². The van der Waals surface area contributed by atoms with E-state index >= 15 is 0 Å². The fourth-order valence-electron chi connectivity index (χ4n) is 0.692. The Morgan fingerprint density at radius 3 is 3.00 bits per heavy atom. The predicted octanol–water partition coefficient (Wildman–Crippen LogP) is -0.271. The highest BCUT2D eigenvalue weighted by molar-refractivity contribution is 5.35. The maximum absolute atomic E-state index is 10.8. The van der Waals surface area contributed by atoms with Crippen molar-refractivity contribution in [2.24, 2.45) is 0 Å². The van der Waals surface area contributed by atoms with E-state index in [0.717, 1.165) is 6.54 Å². The second-order valence-electron chi connectivity index (χ2n) is 2.05. The Morgan fingerprint density at radius 2 is 2.45 bits per heavy atom. The van der Waals surface area contributed by atoms with Gasteiger partial charge in [0.1, 0.15) is 0 Å². The number of nitrogens with two attached hydrogens (primary N) is 1. The molecule has 1 rings (SSSR count). The molecule has 0 saturated carbocycles. The summed E-state index contributed by atoms with van der Waals surface area (Å²) >= 11 is 0. The zero-order valence-corrected chi connectivity index (χ0v) is 6.24. The van der Waals surface area contributed by atoms with Crippen molar-refractivity contribution in [1.29, 1.82) is 0 Å². The van der Waals surface area contributed by atoms with Gasteiger partial charge in [-0.2, -0.15) is 0 Å². The lowest BCUT2D eigenvalue weighted by Gasteiger charge is -2.04. The molecule has 0 saturated heterocycles. The molecule has 0 amide bonds. The van der Waals surface area contributed by atoms with E-state index in [4.69, 9.17) is 5.73 Å². The van der Waals surface area contributed by atoms with Gasteiger partial charge in [0, 0.05) is 12.6 Å². The topological polar surface area (TPSA) is 77.9 Å². The lowest BCUT2D eigenvalue weighted by Crippen LogP contribution is -2.35. The van der Waals surface area contributed by atoms with Crippen LogP contribution in [0, 0.1) is 5.21 Å². The fourth-order valence-corrected chi connectivity index (χ4v) is 0.692. The van der Waals surface area contributed by atoms with Gasteiger partial charge in [0.05, 0.1) is 0 Å². The molecule has 0 aromatic carbocycles. The Morgan fingerprint density at radius 1 is 1.73 bits per heavy atom. The molecule has 5 nitrogen and oxygen atoms in total. The lowest BCUT2D eigenvalue weighted by molar-refractivity contribution is -0.653. The zero-order valence-electron chi connectivity index (χ0n) is 6.24. The first kappa shape index (κ1) is 7.59. The average Bonchev–Trinajstić information content (AvgIpc) is 1.98. The summed E-state index contributed by atoms with van der Waals surface area (Å²) in [6, 6.07) is 3.17. The molecule has 5 heteroatoms. The standard InChI is InChI=1S/C6H10N4O/c1-2-8-6-4-3-5(7)10(11)9-6/h3-4H,2,7H2,1H3,(H,8,9). The van der Waals surface area contributed by atoms with E-state index in [-0.39, 0.29) is 5.82 Å². The summed E-state index contributed by atoms with van der Waals surface area (Å²) in [7, 11) is 0. The van der Waals surface area contributed by atoms with Gasteiger partial charge < -0.3 is 10.5 Å². The van der Waals surface area contributed by atoms with E-state index in [1.165, 1.54) is 6.07 Å². The Hall–Kier alpha value is -1.52. The number of hydrogen-bond acceptors (Lipinski definition) is 4. The molecular weight excluding hydrogens is 144 g/mol. The van der Waals surface area contributed by atoms with Crippen molar-refractivity contribution in [3.8, 4) is 0 Å². The van der Waals surface area contributed by atoms with Crippen LogP contribution in [-0.4, -0.2) is 11.6 Å². The smallest absolute Gasteiger partial charge is 0.296 e. The maximum atomic E-state index is 10.8. The van der Waals surface area contributed by atoms with Crippen molar-refractivity contribution in [2.45, 2.75) is 6.92 Å². The second kappa shape index (κ2) is 3.05. The monoisotopic (exact) mass is 154 g/mol. The highest BCUT2D eigenvalue weighted by Gasteiger charge is 1.98. The van der Waals surface area contributed by atoms with Crippen LogP contribution in [0.2, 0.25) is 0 Å². The van der Waals surface area contributed by atoms with Crippen molar-refractivity contribution in [1.82, 2.24) is 5.10 Å². The van der Waals surface area contributed by atoms with Gasteiger partial charge in [0.2, 0.25) is 0 Å². The SMILES string of the molecule is CCNc1ccc(N)[n+]([O-])n1. The molecule has 1 heterocycles. The van der Waals surface area contributed by atoms with Crippen LogP contribution in [0.25, 0.3) is 0 Å². The van der Waals surface area contributed by atoms with Crippen molar-refractivity contribution in [3.63, 3.8) is 0 Å². The molecule has 0 aliphatic rings.